The first kappa shape index (κ1) is 12.4. The zero-order valence-electron chi connectivity index (χ0n) is 9.97. The van der Waals surface area contributed by atoms with Crippen molar-refractivity contribution in [2.75, 3.05) is 13.1 Å². The number of nitrogens with one attached hydrogen (secondary N) is 2. The maximum atomic E-state index is 5.83. The summed E-state index contributed by atoms with van der Waals surface area (Å²) in [7, 11) is 0. The highest BCUT2D eigenvalue weighted by atomic mass is 35.5. The lowest BCUT2D eigenvalue weighted by Gasteiger charge is -2.36. The summed E-state index contributed by atoms with van der Waals surface area (Å²) in [4.78, 5) is 0. The SMILES string of the molecule is C=C(Cl)CNC1CCCCC1C1CCCN1. The van der Waals surface area contributed by atoms with Gasteiger partial charge in [-0.1, -0.05) is 31.0 Å². The van der Waals surface area contributed by atoms with Crippen LogP contribution < -0.4 is 10.6 Å². The standard InChI is InChI=1S/C13H23ClN2/c1-10(14)9-16-13-6-3-2-5-11(13)12-7-4-8-15-12/h11-13,15-16H,1-9H2. The van der Waals surface area contributed by atoms with Crippen LogP contribution in [0.4, 0.5) is 0 Å². The zero-order chi connectivity index (χ0) is 11.4. The second-order valence-corrected chi connectivity index (χ2v) is 5.69. The van der Waals surface area contributed by atoms with Crippen LogP contribution in [0.15, 0.2) is 11.6 Å². The highest BCUT2D eigenvalue weighted by molar-refractivity contribution is 6.29. The van der Waals surface area contributed by atoms with Gasteiger partial charge in [0.05, 0.1) is 0 Å². The summed E-state index contributed by atoms with van der Waals surface area (Å²) in [6.45, 7) is 5.71. The van der Waals surface area contributed by atoms with E-state index >= 15 is 0 Å². The van der Waals surface area contributed by atoms with Crippen LogP contribution in [0.3, 0.4) is 0 Å². The van der Waals surface area contributed by atoms with Gasteiger partial charge in [-0.15, -0.1) is 0 Å². The van der Waals surface area contributed by atoms with Crippen LogP contribution in [0.5, 0.6) is 0 Å². The molecule has 1 aliphatic heterocycles. The summed E-state index contributed by atoms with van der Waals surface area (Å²) in [6.07, 6.45) is 8.11. The predicted molar refractivity (Wildman–Crippen MR) is 69.8 cm³/mol. The molecule has 0 amide bonds. The Hall–Kier alpha value is -0.0500. The molecular formula is C13H23ClN2. The smallest absolute Gasteiger partial charge is 0.0310 e. The number of hydrogen-bond acceptors (Lipinski definition) is 2. The zero-order valence-corrected chi connectivity index (χ0v) is 10.7. The predicted octanol–water partition coefficient (Wildman–Crippen LogP) is 2.64. The van der Waals surface area contributed by atoms with Crippen LogP contribution in [0.25, 0.3) is 0 Å². The van der Waals surface area contributed by atoms with Gasteiger partial charge in [-0.3, -0.25) is 0 Å². The van der Waals surface area contributed by atoms with Crippen LogP contribution in [0, 0.1) is 5.92 Å². The van der Waals surface area contributed by atoms with Gasteiger partial charge in [0.15, 0.2) is 0 Å². The Morgan fingerprint density at radius 2 is 2.06 bits per heavy atom. The fourth-order valence-corrected chi connectivity index (χ4v) is 3.29. The first-order chi connectivity index (χ1) is 7.77. The van der Waals surface area contributed by atoms with Gasteiger partial charge in [-0.2, -0.15) is 0 Å². The van der Waals surface area contributed by atoms with Gasteiger partial charge in [-0.25, -0.2) is 0 Å². The summed E-state index contributed by atoms with van der Waals surface area (Å²) < 4.78 is 0. The van der Waals surface area contributed by atoms with Crippen molar-refractivity contribution in [1.29, 1.82) is 0 Å². The highest BCUT2D eigenvalue weighted by Gasteiger charge is 2.32. The van der Waals surface area contributed by atoms with E-state index in [4.69, 9.17) is 11.6 Å². The van der Waals surface area contributed by atoms with Crippen molar-refractivity contribution in [2.45, 2.75) is 50.6 Å². The second kappa shape index (κ2) is 6.04. The first-order valence-electron chi connectivity index (χ1n) is 6.57. The molecule has 2 rings (SSSR count). The van der Waals surface area contributed by atoms with Crippen molar-refractivity contribution in [1.82, 2.24) is 10.6 Å². The monoisotopic (exact) mass is 242 g/mol. The third-order valence-electron chi connectivity index (χ3n) is 3.99. The average molecular weight is 243 g/mol. The third kappa shape index (κ3) is 3.22. The summed E-state index contributed by atoms with van der Waals surface area (Å²) in [6, 6.07) is 1.38. The molecule has 16 heavy (non-hydrogen) atoms. The molecule has 1 saturated heterocycles. The van der Waals surface area contributed by atoms with Gasteiger partial charge in [-0.05, 0) is 38.1 Å². The summed E-state index contributed by atoms with van der Waals surface area (Å²) in [5.74, 6) is 0.798. The van der Waals surface area contributed by atoms with E-state index in [1.807, 2.05) is 0 Å². The Kier molecular flexibility index (Phi) is 4.68. The van der Waals surface area contributed by atoms with Crippen molar-refractivity contribution in [3.8, 4) is 0 Å². The normalized spacial score (nSPS) is 35.2. The van der Waals surface area contributed by atoms with Crippen LogP contribution in [0.1, 0.15) is 38.5 Å². The molecule has 2 N–H and O–H groups in total. The first-order valence-corrected chi connectivity index (χ1v) is 6.95. The Bertz CT molecular complexity index is 236. The van der Waals surface area contributed by atoms with Crippen LogP contribution in [-0.2, 0) is 0 Å². The quantitative estimate of drug-likeness (QED) is 0.792. The second-order valence-electron chi connectivity index (χ2n) is 5.16. The summed E-state index contributed by atoms with van der Waals surface area (Å²) >= 11 is 5.83. The van der Waals surface area contributed by atoms with Crippen LogP contribution >= 0.6 is 11.6 Å². The minimum Gasteiger partial charge on any atom is -0.314 e. The molecule has 1 heterocycles. The Morgan fingerprint density at radius 1 is 1.25 bits per heavy atom. The largest absolute Gasteiger partial charge is 0.314 e. The van der Waals surface area contributed by atoms with Crippen molar-refractivity contribution >= 4 is 11.6 Å². The van der Waals surface area contributed by atoms with Crippen LogP contribution in [0.2, 0.25) is 0 Å². The van der Waals surface area contributed by atoms with E-state index in [0.717, 1.165) is 23.5 Å². The molecule has 0 bridgehead atoms. The van der Waals surface area contributed by atoms with Gasteiger partial charge < -0.3 is 10.6 Å². The van der Waals surface area contributed by atoms with E-state index in [9.17, 15) is 0 Å². The minimum atomic E-state index is 0.639. The molecule has 3 atom stereocenters. The van der Waals surface area contributed by atoms with Gasteiger partial charge in [0.25, 0.3) is 0 Å². The highest BCUT2D eigenvalue weighted by Crippen LogP contribution is 2.30. The fraction of sp³-hybridized carbons (Fsp3) is 0.846. The molecule has 2 aliphatic rings. The molecule has 3 unspecified atom stereocenters. The summed E-state index contributed by atoms with van der Waals surface area (Å²) in [5, 5.41) is 7.95. The van der Waals surface area contributed by atoms with Crippen molar-refractivity contribution in [3.63, 3.8) is 0 Å². The molecule has 0 aromatic heterocycles. The van der Waals surface area contributed by atoms with Gasteiger partial charge in [0.2, 0.25) is 0 Å². The lowest BCUT2D eigenvalue weighted by Crippen LogP contribution is -2.47. The molecule has 0 spiro atoms. The number of hydrogen-bond donors (Lipinski definition) is 2. The summed E-state index contributed by atoms with van der Waals surface area (Å²) in [5.41, 5.74) is 0. The van der Waals surface area contributed by atoms with E-state index < -0.39 is 0 Å². The molecule has 0 aromatic rings. The van der Waals surface area contributed by atoms with E-state index in [-0.39, 0.29) is 0 Å². The molecular weight excluding hydrogens is 220 g/mol. The van der Waals surface area contributed by atoms with Gasteiger partial charge in [0, 0.05) is 23.7 Å². The average Bonchev–Trinajstić information content (AvgIpc) is 2.80. The number of rotatable bonds is 4. The van der Waals surface area contributed by atoms with E-state index in [1.54, 1.807) is 0 Å². The molecule has 92 valence electrons. The minimum absolute atomic E-state index is 0.639. The van der Waals surface area contributed by atoms with Crippen molar-refractivity contribution in [3.05, 3.63) is 11.6 Å². The Balaban J connectivity index is 1.88. The maximum absolute atomic E-state index is 5.83. The topological polar surface area (TPSA) is 24.1 Å². The molecule has 2 nitrogen and oxygen atoms in total. The van der Waals surface area contributed by atoms with E-state index in [0.29, 0.717) is 6.04 Å². The number of halogens is 1. The molecule has 2 fully saturated rings. The van der Waals surface area contributed by atoms with E-state index in [2.05, 4.69) is 17.2 Å². The molecule has 1 saturated carbocycles. The lowest BCUT2D eigenvalue weighted by molar-refractivity contribution is 0.219. The lowest BCUT2D eigenvalue weighted by atomic mass is 9.79. The van der Waals surface area contributed by atoms with Crippen molar-refractivity contribution < 1.29 is 0 Å². The fourth-order valence-electron chi connectivity index (χ4n) is 3.21. The van der Waals surface area contributed by atoms with Gasteiger partial charge >= 0.3 is 0 Å². The Morgan fingerprint density at radius 3 is 2.75 bits per heavy atom. The van der Waals surface area contributed by atoms with Crippen LogP contribution in [-0.4, -0.2) is 25.2 Å². The third-order valence-corrected chi connectivity index (χ3v) is 4.12. The Labute approximate surface area is 104 Å². The maximum Gasteiger partial charge on any atom is 0.0310 e. The molecule has 0 aromatic carbocycles. The molecule has 1 aliphatic carbocycles. The van der Waals surface area contributed by atoms with Crippen molar-refractivity contribution in [2.24, 2.45) is 5.92 Å². The van der Waals surface area contributed by atoms with Gasteiger partial charge in [0.1, 0.15) is 0 Å². The van der Waals surface area contributed by atoms with E-state index in [1.165, 1.54) is 45.1 Å². The molecule has 3 heteroatoms. The molecule has 0 radical (unpaired) electrons.